The van der Waals surface area contributed by atoms with Crippen molar-refractivity contribution in [1.29, 1.82) is 0 Å². The zero-order valence-electron chi connectivity index (χ0n) is 11.7. The number of halogens is 1. The quantitative estimate of drug-likeness (QED) is 0.775. The second-order valence-corrected chi connectivity index (χ2v) is 5.17. The summed E-state index contributed by atoms with van der Waals surface area (Å²) in [7, 11) is 1.57. The van der Waals surface area contributed by atoms with E-state index in [9.17, 15) is 5.11 Å². The van der Waals surface area contributed by atoms with E-state index in [4.69, 9.17) is 14.2 Å². The lowest BCUT2D eigenvalue weighted by Gasteiger charge is -2.14. The van der Waals surface area contributed by atoms with Crippen LogP contribution in [0.25, 0.3) is 0 Å². The van der Waals surface area contributed by atoms with Gasteiger partial charge >= 0.3 is 0 Å². The minimum absolute atomic E-state index is 0.0971. The predicted octanol–water partition coefficient (Wildman–Crippen LogP) is 3.41. The fourth-order valence-electron chi connectivity index (χ4n) is 1.84. The van der Waals surface area contributed by atoms with Crippen molar-refractivity contribution in [3.63, 3.8) is 0 Å². The van der Waals surface area contributed by atoms with Crippen molar-refractivity contribution in [2.75, 3.05) is 20.3 Å². The molecule has 0 fully saturated rings. The lowest BCUT2D eigenvalue weighted by atomic mass is 10.2. The Morgan fingerprint density at radius 2 is 1.71 bits per heavy atom. The molecule has 5 heteroatoms. The van der Waals surface area contributed by atoms with Gasteiger partial charge in [0.15, 0.2) is 11.5 Å². The Morgan fingerprint density at radius 1 is 1.00 bits per heavy atom. The Morgan fingerprint density at radius 3 is 2.38 bits per heavy atom. The van der Waals surface area contributed by atoms with Gasteiger partial charge in [0.2, 0.25) is 0 Å². The average Bonchev–Trinajstić information content (AvgIpc) is 2.53. The average molecular weight is 353 g/mol. The maximum absolute atomic E-state index is 9.33. The predicted molar refractivity (Wildman–Crippen MR) is 84.0 cm³/mol. The molecule has 2 rings (SSSR count). The Bertz CT molecular complexity index is 547. The number of para-hydroxylation sites is 1. The van der Waals surface area contributed by atoms with Gasteiger partial charge in [-0.15, -0.1) is 0 Å². The number of hydrogen-bond donors (Lipinski definition) is 1. The second kappa shape index (κ2) is 7.90. The van der Waals surface area contributed by atoms with Crippen LogP contribution in [0.2, 0.25) is 0 Å². The van der Waals surface area contributed by atoms with Gasteiger partial charge in [0.25, 0.3) is 0 Å². The van der Waals surface area contributed by atoms with E-state index in [0.717, 1.165) is 10.2 Å². The fourth-order valence-corrected chi connectivity index (χ4v) is 2.11. The van der Waals surface area contributed by atoms with Crippen LogP contribution in [0.5, 0.6) is 17.2 Å². The maximum Gasteiger partial charge on any atom is 0.166 e. The molecule has 2 aromatic carbocycles. The van der Waals surface area contributed by atoms with Gasteiger partial charge in [0, 0.05) is 10.0 Å². The minimum Gasteiger partial charge on any atom is -0.493 e. The molecule has 0 aliphatic carbocycles. The molecule has 112 valence electrons. The third-order valence-corrected chi connectivity index (χ3v) is 3.39. The van der Waals surface area contributed by atoms with Gasteiger partial charge in [-0.05, 0) is 30.3 Å². The lowest BCUT2D eigenvalue weighted by molar-refractivity contribution is 0.203. The first-order chi connectivity index (χ1) is 10.2. The minimum atomic E-state index is -0.0971. The van der Waals surface area contributed by atoms with E-state index in [-0.39, 0.29) is 6.61 Å². The van der Waals surface area contributed by atoms with Crippen LogP contribution in [-0.2, 0) is 6.61 Å². The zero-order chi connectivity index (χ0) is 15.1. The highest BCUT2D eigenvalue weighted by atomic mass is 79.9. The van der Waals surface area contributed by atoms with Gasteiger partial charge < -0.3 is 19.3 Å². The molecule has 0 aliphatic heterocycles. The molecule has 0 unspecified atom stereocenters. The molecule has 4 nitrogen and oxygen atoms in total. The van der Waals surface area contributed by atoms with Crippen molar-refractivity contribution in [1.82, 2.24) is 0 Å². The van der Waals surface area contributed by atoms with Crippen LogP contribution in [-0.4, -0.2) is 25.4 Å². The van der Waals surface area contributed by atoms with Crippen molar-refractivity contribution in [3.8, 4) is 17.2 Å². The summed E-state index contributed by atoms with van der Waals surface area (Å²) in [6.45, 7) is 0.675. The van der Waals surface area contributed by atoms with Crippen molar-refractivity contribution in [2.45, 2.75) is 6.61 Å². The van der Waals surface area contributed by atoms with E-state index in [0.29, 0.717) is 30.3 Å². The standard InChI is InChI=1S/C16H17BrO4/c1-19-15-4-2-3-12(11-18)16(15)21-10-9-20-14-7-5-13(17)6-8-14/h2-8,18H,9-11H2,1H3. The summed E-state index contributed by atoms with van der Waals surface area (Å²) in [5.74, 6) is 1.94. The second-order valence-electron chi connectivity index (χ2n) is 4.26. The fraction of sp³-hybridized carbons (Fsp3) is 0.250. The highest BCUT2D eigenvalue weighted by molar-refractivity contribution is 9.10. The van der Waals surface area contributed by atoms with Gasteiger partial charge in [0.05, 0.1) is 13.7 Å². The number of methoxy groups -OCH3 is 1. The smallest absolute Gasteiger partial charge is 0.166 e. The van der Waals surface area contributed by atoms with Gasteiger partial charge in [-0.25, -0.2) is 0 Å². The van der Waals surface area contributed by atoms with E-state index in [1.807, 2.05) is 30.3 Å². The van der Waals surface area contributed by atoms with E-state index in [2.05, 4.69) is 15.9 Å². The molecule has 0 radical (unpaired) electrons. The van der Waals surface area contributed by atoms with Crippen molar-refractivity contribution < 1.29 is 19.3 Å². The summed E-state index contributed by atoms with van der Waals surface area (Å²) in [4.78, 5) is 0. The largest absolute Gasteiger partial charge is 0.493 e. The van der Waals surface area contributed by atoms with Crippen LogP contribution >= 0.6 is 15.9 Å². The van der Waals surface area contributed by atoms with Gasteiger partial charge in [-0.1, -0.05) is 28.1 Å². The normalized spacial score (nSPS) is 10.2. The molecule has 0 aliphatic rings. The molecule has 0 bridgehead atoms. The summed E-state index contributed by atoms with van der Waals surface area (Å²) in [5, 5.41) is 9.33. The van der Waals surface area contributed by atoms with Crippen LogP contribution in [0.3, 0.4) is 0 Å². The van der Waals surface area contributed by atoms with Crippen LogP contribution in [0.1, 0.15) is 5.56 Å². The molecule has 21 heavy (non-hydrogen) atoms. The Labute approximate surface area is 132 Å². The van der Waals surface area contributed by atoms with Crippen molar-refractivity contribution in [2.24, 2.45) is 0 Å². The number of aliphatic hydroxyl groups is 1. The molecular weight excluding hydrogens is 336 g/mol. The summed E-state index contributed by atoms with van der Waals surface area (Å²) < 4.78 is 17.5. The highest BCUT2D eigenvalue weighted by Gasteiger charge is 2.09. The number of hydrogen-bond acceptors (Lipinski definition) is 4. The Hall–Kier alpha value is -1.72. The number of aliphatic hydroxyl groups excluding tert-OH is 1. The third kappa shape index (κ3) is 4.37. The first-order valence-electron chi connectivity index (χ1n) is 6.52. The maximum atomic E-state index is 9.33. The van der Waals surface area contributed by atoms with Gasteiger partial charge in [-0.3, -0.25) is 0 Å². The molecule has 0 atom stereocenters. The SMILES string of the molecule is COc1cccc(CO)c1OCCOc1ccc(Br)cc1. The first kappa shape index (κ1) is 15.7. The van der Waals surface area contributed by atoms with Crippen molar-refractivity contribution in [3.05, 3.63) is 52.5 Å². The van der Waals surface area contributed by atoms with Crippen molar-refractivity contribution >= 4 is 15.9 Å². The van der Waals surface area contributed by atoms with Gasteiger partial charge in [-0.2, -0.15) is 0 Å². The Kier molecular flexibility index (Phi) is 5.90. The van der Waals surface area contributed by atoms with E-state index in [1.54, 1.807) is 19.2 Å². The number of ether oxygens (including phenoxy) is 3. The van der Waals surface area contributed by atoms with Crippen LogP contribution in [0, 0.1) is 0 Å². The topological polar surface area (TPSA) is 47.9 Å². The van der Waals surface area contributed by atoms with Gasteiger partial charge in [0.1, 0.15) is 19.0 Å². The molecule has 0 amide bonds. The molecular formula is C16H17BrO4. The summed E-state index contributed by atoms with van der Waals surface area (Å²) in [6.07, 6.45) is 0. The number of benzene rings is 2. The molecule has 0 saturated carbocycles. The first-order valence-corrected chi connectivity index (χ1v) is 7.32. The lowest BCUT2D eigenvalue weighted by Crippen LogP contribution is -2.10. The summed E-state index contributed by atoms with van der Waals surface area (Å²) in [5.41, 5.74) is 0.693. The molecule has 2 aromatic rings. The van der Waals surface area contributed by atoms with E-state index < -0.39 is 0 Å². The van der Waals surface area contributed by atoms with Crippen LogP contribution in [0.15, 0.2) is 46.9 Å². The summed E-state index contributed by atoms with van der Waals surface area (Å²) >= 11 is 3.37. The van der Waals surface area contributed by atoms with E-state index >= 15 is 0 Å². The molecule has 0 spiro atoms. The molecule has 0 saturated heterocycles. The molecule has 0 heterocycles. The zero-order valence-corrected chi connectivity index (χ0v) is 13.3. The third-order valence-electron chi connectivity index (χ3n) is 2.86. The van der Waals surface area contributed by atoms with E-state index in [1.165, 1.54) is 0 Å². The molecule has 1 N–H and O–H groups in total. The number of rotatable bonds is 7. The van der Waals surface area contributed by atoms with Crippen LogP contribution in [0.4, 0.5) is 0 Å². The Balaban J connectivity index is 1.90. The van der Waals surface area contributed by atoms with Crippen LogP contribution < -0.4 is 14.2 Å². The molecule has 0 aromatic heterocycles. The summed E-state index contributed by atoms with van der Waals surface area (Å²) in [6, 6.07) is 13.0. The highest BCUT2D eigenvalue weighted by Crippen LogP contribution is 2.31. The monoisotopic (exact) mass is 352 g/mol.